The first kappa shape index (κ1) is 13.3. The summed E-state index contributed by atoms with van der Waals surface area (Å²) in [5.41, 5.74) is 8.01. The molecule has 0 heterocycles. The Morgan fingerprint density at radius 1 is 1.59 bits per heavy atom. The van der Waals surface area contributed by atoms with Crippen molar-refractivity contribution in [2.75, 3.05) is 7.05 Å². The van der Waals surface area contributed by atoms with Crippen molar-refractivity contribution in [3.63, 3.8) is 0 Å². The van der Waals surface area contributed by atoms with E-state index in [4.69, 9.17) is 0 Å². The molecule has 1 rings (SSSR count). The Morgan fingerprint density at radius 3 is 2.76 bits per heavy atom. The molecule has 17 heavy (non-hydrogen) atoms. The summed E-state index contributed by atoms with van der Waals surface area (Å²) in [6, 6.07) is 0. The maximum absolute atomic E-state index is 4.17. The maximum Gasteiger partial charge on any atom is 0.0443 e. The first-order valence-electron chi connectivity index (χ1n) is 5.97. The van der Waals surface area contributed by atoms with Crippen molar-refractivity contribution in [1.82, 2.24) is 4.90 Å². The van der Waals surface area contributed by atoms with E-state index < -0.39 is 0 Å². The van der Waals surface area contributed by atoms with Crippen molar-refractivity contribution in [1.29, 1.82) is 0 Å². The average molecular weight is 227 g/mol. The van der Waals surface area contributed by atoms with Gasteiger partial charge in [-0.3, -0.25) is 0 Å². The highest BCUT2D eigenvalue weighted by atomic mass is 15.1. The molecular formula is C16H21N. The molecule has 0 aromatic rings. The molecule has 0 fully saturated rings. The molecule has 0 atom stereocenters. The molecule has 0 unspecified atom stereocenters. The number of nitrogens with zero attached hydrogens (tertiary/aromatic N) is 1. The lowest BCUT2D eigenvalue weighted by Gasteiger charge is -2.24. The van der Waals surface area contributed by atoms with Gasteiger partial charge in [0.2, 0.25) is 0 Å². The Hall–Kier alpha value is -1.72. The zero-order chi connectivity index (χ0) is 12.8. The van der Waals surface area contributed by atoms with E-state index in [1.807, 2.05) is 6.08 Å². The van der Waals surface area contributed by atoms with Crippen LogP contribution in [0.2, 0.25) is 0 Å². The molecule has 0 N–H and O–H groups in total. The van der Waals surface area contributed by atoms with Gasteiger partial charge in [-0.15, -0.1) is 5.73 Å². The van der Waals surface area contributed by atoms with Crippen LogP contribution < -0.4 is 0 Å². The quantitative estimate of drug-likeness (QED) is 0.499. The highest BCUT2D eigenvalue weighted by Gasteiger charge is 2.14. The molecule has 0 bridgehead atoms. The number of likely N-dealkylation sites (N-methyl/N-ethyl adjacent to an activating group) is 1. The van der Waals surface area contributed by atoms with Crippen molar-refractivity contribution in [2.24, 2.45) is 0 Å². The third-order valence-electron chi connectivity index (χ3n) is 3.02. The van der Waals surface area contributed by atoms with Gasteiger partial charge in [0.15, 0.2) is 0 Å². The summed E-state index contributed by atoms with van der Waals surface area (Å²) in [6.07, 6.45) is 9.84. The molecule has 1 aliphatic rings. The predicted molar refractivity (Wildman–Crippen MR) is 75.4 cm³/mol. The summed E-state index contributed by atoms with van der Waals surface area (Å²) in [5.74, 6) is 0. The minimum atomic E-state index is 0.924. The fourth-order valence-corrected chi connectivity index (χ4v) is 1.92. The van der Waals surface area contributed by atoms with E-state index in [0.717, 1.165) is 24.1 Å². The van der Waals surface area contributed by atoms with Gasteiger partial charge in [0.25, 0.3) is 0 Å². The van der Waals surface area contributed by atoms with Gasteiger partial charge in [-0.1, -0.05) is 38.3 Å². The van der Waals surface area contributed by atoms with Gasteiger partial charge in [0.1, 0.15) is 0 Å². The van der Waals surface area contributed by atoms with E-state index >= 15 is 0 Å². The van der Waals surface area contributed by atoms with Crippen molar-refractivity contribution in [3.05, 3.63) is 65.7 Å². The summed E-state index contributed by atoms with van der Waals surface area (Å²) < 4.78 is 0. The predicted octanol–water partition coefficient (Wildman–Crippen LogP) is 4.34. The minimum absolute atomic E-state index is 0.924. The van der Waals surface area contributed by atoms with Crippen molar-refractivity contribution >= 4 is 0 Å². The monoisotopic (exact) mass is 227 g/mol. The number of allylic oxidation sites excluding steroid dienone is 5. The standard InChI is InChI=1S/C16H21N/c1-6-8-11-15(7-2)14(4)17(5)16-12-9-10-13(16)3/h6,8-10H,1,4,7,12H2,2-3,5H3. The lowest BCUT2D eigenvalue weighted by atomic mass is 10.1. The molecule has 1 heteroatoms. The Morgan fingerprint density at radius 2 is 2.29 bits per heavy atom. The van der Waals surface area contributed by atoms with Crippen LogP contribution in [0.1, 0.15) is 26.7 Å². The second-order valence-electron chi connectivity index (χ2n) is 4.12. The highest BCUT2D eigenvalue weighted by Crippen LogP contribution is 2.26. The van der Waals surface area contributed by atoms with Crippen LogP contribution in [-0.2, 0) is 0 Å². The molecular weight excluding hydrogens is 206 g/mol. The number of rotatable bonds is 5. The molecule has 0 amide bonds. The second-order valence-corrected chi connectivity index (χ2v) is 4.12. The van der Waals surface area contributed by atoms with Gasteiger partial charge < -0.3 is 4.90 Å². The van der Waals surface area contributed by atoms with E-state index in [2.05, 4.69) is 56.8 Å². The largest absolute Gasteiger partial charge is 0.347 e. The van der Waals surface area contributed by atoms with Gasteiger partial charge in [-0.25, -0.2) is 0 Å². The molecule has 0 aliphatic heterocycles. The summed E-state index contributed by atoms with van der Waals surface area (Å²) >= 11 is 0. The Labute approximate surface area is 105 Å². The van der Waals surface area contributed by atoms with Crippen LogP contribution in [0.15, 0.2) is 65.7 Å². The smallest absolute Gasteiger partial charge is 0.0443 e. The van der Waals surface area contributed by atoms with Crippen LogP contribution >= 0.6 is 0 Å². The summed E-state index contributed by atoms with van der Waals surface area (Å²) in [5, 5.41) is 0. The number of hydrogen-bond acceptors (Lipinski definition) is 1. The lowest BCUT2D eigenvalue weighted by molar-refractivity contribution is 0.514. The zero-order valence-electron chi connectivity index (χ0n) is 11.1. The Bertz CT molecular complexity index is 440. The molecule has 1 aliphatic carbocycles. The normalized spacial score (nSPS) is 13.4. The SMILES string of the molecule is C=CC=C=C(CC)C(=C)N(C)C1=C(C)C=CC1. The average Bonchev–Trinajstić information content (AvgIpc) is 2.75. The Kier molecular flexibility index (Phi) is 4.81. The highest BCUT2D eigenvalue weighted by molar-refractivity contribution is 5.37. The summed E-state index contributed by atoms with van der Waals surface area (Å²) in [7, 11) is 2.07. The zero-order valence-corrected chi connectivity index (χ0v) is 11.1. The van der Waals surface area contributed by atoms with Crippen LogP contribution in [0, 0.1) is 0 Å². The Balaban J connectivity index is 2.94. The molecule has 90 valence electrons. The summed E-state index contributed by atoms with van der Waals surface area (Å²) in [6.45, 7) is 12.1. The van der Waals surface area contributed by atoms with Crippen LogP contribution in [0.25, 0.3) is 0 Å². The van der Waals surface area contributed by atoms with Crippen molar-refractivity contribution in [3.8, 4) is 0 Å². The molecule has 0 saturated carbocycles. The third kappa shape index (κ3) is 3.12. The van der Waals surface area contributed by atoms with Gasteiger partial charge in [-0.05, 0) is 25.0 Å². The molecule has 1 nitrogen and oxygen atoms in total. The molecule has 0 aromatic heterocycles. The molecule has 0 radical (unpaired) electrons. The van der Waals surface area contributed by atoms with Gasteiger partial charge in [0, 0.05) is 30.4 Å². The van der Waals surface area contributed by atoms with Crippen LogP contribution in [0.4, 0.5) is 0 Å². The van der Waals surface area contributed by atoms with Crippen LogP contribution in [0.5, 0.6) is 0 Å². The van der Waals surface area contributed by atoms with Crippen LogP contribution in [0.3, 0.4) is 0 Å². The number of hydrogen-bond donors (Lipinski definition) is 0. The fourth-order valence-electron chi connectivity index (χ4n) is 1.92. The first-order chi connectivity index (χ1) is 8.11. The topological polar surface area (TPSA) is 3.24 Å². The van der Waals surface area contributed by atoms with E-state index in [0.29, 0.717) is 0 Å². The van der Waals surface area contributed by atoms with Crippen LogP contribution in [-0.4, -0.2) is 11.9 Å². The van der Waals surface area contributed by atoms with Gasteiger partial charge in [-0.2, -0.15) is 0 Å². The van der Waals surface area contributed by atoms with E-state index in [9.17, 15) is 0 Å². The first-order valence-corrected chi connectivity index (χ1v) is 5.97. The third-order valence-corrected chi connectivity index (χ3v) is 3.02. The van der Waals surface area contributed by atoms with E-state index in [-0.39, 0.29) is 0 Å². The second kappa shape index (κ2) is 6.12. The fraction of sp³-hybridized carbons (Fsp3) is 0.312. The van der Waals surface area contributed by atoms with E-state index in [1.165, 1.54) is 11.3 Å². The molecule has 0 saturated heterocycles. The van der Waals surface area contributed by atoms with Gasteiger partial charge in [0.05, 0.1) is 0 Å². The minimum Gasteiger partial charge on any atom is -0.347 e. The van der Waals surface area contributed by atoms with Gasteiger partial charge >= 0.3 is 0 Å². The maximum atomic E-state index is 4.17. The van der Waals surface area contributed by atoms with E-state index in [1.54, 1.807) is 6.08 Å². The van der Waals surface area contributed by atoms with Crippen molar-refractivity contribution in [2.45, 2.75) is 26.7 Å². The molecule has 0 aromatic carbocycles. The summed E-state index contributed by atoms with van der Waals surface area (Å²) in [4.78, 5) is 2.16. The molecule has 0 spiro atoms. The lowest BCUT2D eigenvalue weighted by Crippen LogP contribution is -2.17. The van der Waals surface area contributed by atoms with Crippen molar-refractivity contribution < 1.29 is 0 Å².